The van der Waals surface area contributed by atoms with E-state index >= 15 is 0 Å². The molecule has 0 saturated carbocycles. The second kappa shape index (κ2) is 6.72. The SMILES string of the molecule is CC1NCCCN(CC(=O)Nc2ccc(Cl)cc2)C1=O. The summed E-state index contributed by atoms with van der Waals surface area (Å²) in [6.45, 7) is 3.29. The van der Waals surface area contributed by atoms with Gasteiger partial charge in [-0.3, -0.25) is 9.59 Å². The van der Waals surface area contributed by atoms with E-state index in [0.29, 0.717) is 17.3 Å². The van der Waals surface area contributed by atoms with Gasteiger partial charge in [-0.25, -0.2) is 0 Å². The third-order valence-corrected chi connectivity index (χ3v) is 3.45. The summed E-state index contributed by atoms with van der Waals surface area (Å²) in [4.78, 5) is 25.6. The molecule has 0 aliphatic carbocycles. The lowest BCUT2D eigenvalue weighted by Gasteiger charge is -2.22. The van der Waals surface area contributed by atoms with Crippen LogP contribution in [0.15, 0.2) is 24.3 Å². The summed E-state index contributed by atoms with van der Waals surface area (Å²) in [5.74, 6) is -0.233. The van der Waals surface area contributed by atoms with Crippen molar-refractivity contribution in [3.05, 3.63) is 29.3 Å². The van der Waals surface area contributed by atoms with Crippen molar-refractivity contribution in [3.8, 4) is 0 Å². The van der Waals surface area contributed by atoms with Crippen LogP contribution >= 0.6 is 11.6 Å². The van der Waals surface area contributed by atoms with E-state index in [-0.39, 0.29) is 24.4 Å². The molecule has 0 spiro atoms. The molecule has 2 N–H and O–H groups in total. The second-order valence-electron chi connectivity index (χ2n) is 4.84. The largest absolute Gasteiger partial charge is 0.332 e. The lowest BCUT2D eigenvalue weighted by molar-refractivity contribution is -0.135. The molecule has 2 rings (SSSR count). The molecule has 1 atom stereocenters. The summed E-state index contributed by atoms with van der Waals surface area (Å²) in [6.07, 6.45) is 0.851. The Labute approximate surface area is 123 Å². The number of carbonyl (C=O) groups excluding carboxylic acids is 2. The van der Waals surface area contributed by atoms with Gasteiger partial charge in [0.05, 0.1) is 12.6 Å². The van der Waals surface area contributed by atoms with Crippen LogP contribution in [0.25, 0.3) is 0 Å². The third kappa shape index (κ3) is 3.95. The van der Waals surface area contributed by atoms with E-state index < -0.39 is 0 Å². The summed E-state index contributed by atoms with van der Waals surface area (Å²) in [6, 6.07) is 6.64. The van der Waals surface area contributed by atoms with Crippen molar-refractivity contribution in [2.45, 2.75) is 19.4 Å². The summed E-state index contributed by atoms with van der Waals surface area (Å²) >= 11 is 5.78. The summed E-state index contributed by atoms with van der Waals surface area (Å²) in [7, 11) is 0. The predicted octanol–water partition coefficient (Wildman–Crippen LogP) is 1.49. The van der Waals surface area contributed by atoms with Crippen molar-refractivity contribution in [3.63, 3.8) is 0 Å². The van der Waals surface area contributed by atoms with Gasteiger partial charge in [0, 0.05) is 17.3 Å². The summed E-state index contributed by atoms with van der Waals surface area (Å²) in [5, 5.41) is 6.49. The molecular weight excluding hydrogens is 278 g/mol. The van der Waals surface area contributed by atoms with Crippen LogP contribution in [0.1, 0.15) is 13.3 Å². The molecule has 1 aromatic rings. The van der Waals surface area contributed by atoms with Crippen molar-refractivity contribution < 1.29 is 9.59 Å². The Morgan fingerprint density at radius 2 is 2.15 bits per heavy atom. The van der Waals surface area contributed by atoms with Crippen LogP contribution < -0.4 is 10.6 Å². The number of benzene rings is 1. The van der Waals surface area contributed by atoms with Crippen LogP contribution in [0.2, 0.25) is 5.02 Å². The molecule has 2 amide bonds. The second-order valence-corrected chi connectivity index (χ2v) is 5.28. The van der Waals surface area contributed by atoms with E-state index in [9.17, 15) is 9.59 Å². The molecule has 1 aliphatic rings. The first kappa shape index (κ1) is 14.8. The topological polar surface area (TPSA) is 61.4 Å². The van der Waals surface area contributed by atoms with Gasteiger partial charge in [-0.2, -0.15) is 0 Å². The van der Waals surface area contributed by atoms with Crippen molar-refractivity contribution in [2.24, 2.45) is 0 Å². The summed E-state index contributed by atoms with van der Waals surface area (Å²) < 4.78 is 0. The molecule has 20 heavy (non-hydrogen) atoms. The standard InChI is InChI=1S/C14H18ClN3O2/c1-10-14(20)18(8-2-7-16-10)9-13(19)17-12-5-3-11(15)4-6-12/h3-6,10,16H,2,7-9H2,1H3,(H,17,19). The number of hydrogen-bond donors (Lipinski definition) is 2. The lowest BCUT2D eigenvalue weighted by atomic mass is 10.3. The van der Waals surface area contributed by atoms with Gasteiger partial charge < -0.3 is 15.5 Å². The average Bonchev–Trinajstić information content (AvgIpc) is 2.57. The first-order chi connectivity index (χ1) is 9.56. The molecular formula is C14H18ClN3O2. The molecule has 0 bridgehead atoms. The molecule has 1 aromatic carbocycles. The highest BCUT2D eigenvalue weighted by Gasteiger charge is 2.24. The van der Waals surface area contributed by atoms with E-state index in [1.54, 1.807) is 29.2 Å². The molecule has 1 saturated heterocycles. The fourth-order valence-electron chi connectivity index (χ4n) is 2.12. The Kier molecular flexibility index (Phi) is 4.98. The zero-order chi connectivity index (χ0) is 14.5. The first-order valence-corrected chi connectivity index (χ1v) is 7.01. The van der Waals surface area contributed by atoms with Crippen molar-refractivity contribution in [2.75, 3.05) is 25.0 Å². The number of halogens is 1. The first-order valence-electron chi connectivity index (χ1n) is 6.64. The fraction of sp³-hybridized carbons (Fsp3) is 0.429. The molecule has 1 aliphatic heterocycles. The van der Waals surface area contributed by atoms with Gasteiger partial charge in [0.25, 0.3) is 0 Å². The van der Waals surface area contributed by atoms with Crippen LogP contribution in [-0.4, -0.2) is 42.4 Å². The van der Waals surface area contributed by atoms with Gasteiger partial charge in [0.2, 0.25) is 11.8 Å². The maximum atomic E-state index is 12.0. The van der Waals surface area contributed by atoms with Crippen molar-refractivity contribution in [1.82, 2.24) is 10.2 Å². The van der Waals surface area contributed by atoms with Gasteiger partial charge in [-0.15, -0.1) is 0 Å². The predicted molar refractivity (Wildman–Crippen MR) is 78.7 cm³/mol. The number of amides is 2. The minimum absolute atomic E-state index is 0.0336. The third-order valence-electron chi connectivity index (χ3n) is 3.20. The van der Waals surface area contributed by atoms with Gasteiger partial charge in [0.15, 0.2) is 0 Å². The van der Waals surface area contributed by atoms with Crippen molar-refractivity contribution in [1.29, 1.82) is 0 Å². The van der Waals surface area contributed by atoms with E-state index in [1.165, 1.54) is 0 Å². The fourth-order valence-corrected chi connectivity index (χ4v) is 2.25. The van der Waals surface area contributed by atoms with Crippen molar-refractivity contribution >= 4 is 29.1 Å². The molecule has 5 nitrogen and oxygen atoms in total. The minimum atomic E-state index is -0.235. The number of nitrogens with zero attached hydrogens (tertiary/aromatic N) is 1. The van der Waals surface area contributed by atoms with Crippen LogP contribution in [0.5, 0.6) is 0 Å². The molecule has 1 unspecified atom stereocenters. The number of anilines is 1. The van der Waals surface area contributed by atoms with E-state index in [1.807, 2.05) is 6.92 Å². The Hall–Kier alpha value is -1.59. The highest BCUT2D eigenvalue weighted by atomic mass is 35.5. The molecule has 0 radical (unpaired) electrons. The van der Waals surface area contributed by atoms with Crippen LogP contribution in [-0.2, 0) is 9.59 Å². The lowest BCUT2D eigenvalue weighted by Crippen LogP contribution is -2.44. The van der Waals surface area contributed by atoms with Crippen LogP contribution in [0, 0.1) is 0 Å². The van der Waals surface area contributed by atoms with Gasteiger partial charge in [-0.1, -0.05) is 11.6 Å². The minimum Gasteiger partial charge on any atom is -0.332 e. The molecule has 1 fully saturated rings. The molecule has 1 heterocycles. The highest BCUT2D eigenvalue weighted by molar-refractivity contribution is 6.30. The average molecular weight is 296 g/mol. The monoisotopic (exact) mass is 295 g/mol. The maximum absolute atomic E-state index is 12.0. The number of nitrogens with one attached hydrogen (secondary N) is 2. The van der Waals surface area contributed by atoms with E-state index in [4.69, 9.17) is 11.6 Å². The smallest absolute Gasteiger partial charge is 0.243 e. The maximum Gasteiger partial charge on any atom is 0.243 e. The van der Waals surface area contributed by atoms with Gasteiger partial charge in [0.1, 0.15) is 0 Å². The number of rotatable bonds is 3. The normalized spacial score (nSPS) is 19.6. The zero-order valence-corrected chi connectivity index (χ0v) is 12.1. The Balaban J connectivity index is 1.93. The number of carbonyl (C=O) groups is 2. The van der Waals surface area contributed by atoms with E-state index in [0.717, 1.165) is 13.0 Å². The van der Waals surface area contributed by atoms with E-state index in [2.05, 4.69) is 10.6 Å². The Bertz CT molecular complexity index is 490. The molecule has 108 valence electrons. The van der Waals surface area contributed by atoms with Gasteiger partial charge in [-0.05, 0) is 44.2 Å². The Morgan fingerprint density at radius 3 is 2.85 bits per heavy atom. The summed E-state index contributed by atoms with van der Waals surface area (Å²) in [5.41, 5.74) is 0.674. The zero-order valence-electron chi connectivity index (χ0n) is 11.4. The van der Waals surface area contributed by atoms with Crippen LogP contribution in [0.4, 0.5) is 5.69 Å². The number of hydrogen-bond acceptors (Lipinski definition) is 3. The Morgan fingerprint density at radius 1 is 1.45 bits per heavy atom. The quantitative estimate of drug-likeness (QED) is 0.888. The molecule has 0 aromatic heterocycles. The molecule has 6 heteroatoms. The highest BCUT2D eigenvalue weighted by Crippen LogP contribution is 2.13. The van der Waals surface area contributed by atoms with Crippen LogP contribution in [0.3, 0.4) is 0 Å². The van der Waals surface area contributed by atoms with Gasteiger partial charge >= 0.3 is 0 Å².